The van der Waals surface area contributed by atoms with Gasteiger partial charge in [0.2, 0.25) is 10.0 Å². The highest BCUT2D eigenvalue weighted by atomic mass is 32.2. The van der Waals surface area contributed by atoms with Crippen molar-refractivity contribution in [3.63, 3.8) is 0 Å². The van der Waals surface area contributed by atoms with Gasteiger partial charge in [0.25, 0.3) is 5.91 Å². The van der Waals surface area contributed by atoms with Gasteiger partial charge in [-0.05, 0) is 49.2 Å². The molecule has 7 nitrogen and oxygen atoms in total. The quantitative estimate of drug-likeness (QED) is 0.555. The molecule has 1 aromatic heterocycles. The number of sulfonamides is 1. The molecule has 0 spiro atoms. The number of fused-ring (bicyclic) bond motifs is 1. The molecule has 0 aliphatic carbocycles. The molecule has 0 atom stereocenters. The molecule has 1 amide bonds. The van der Waals surface area contributed by atoms with Gasteiger partial charge in [-0.25, -0.2) is 13.4 Å². The maximum atomic E-state index is 13.0. The third kappa shape index (κ3) is 4.82. The second-order valence-electron chi connectivity index (χ2n) is 8.63. The number of rotatable bonds is 5. The van der Waals surface area contributed by atoms with Crippen molar-refractivity contribution < 1.29 is 13.2 Å². The van der Waals surface area contributed by atoms with Crippen molar-refractivity contribution in [1.29, 1.82) is 0 Å². The van der Waals surface area contributed by atoms with Crippen LogP contribution in [0.4, 0.5) is 0 Å². The number of aromatic nitrogens is 1. The molecule has 2 aromatic carbocycles. The Morgan fingerprint density at radius 2 is 1.58 bits per heavy atom. The van der Waals surface area contributed by atoms with Crippen LogP contribution in [0.15, 0.2) is 53.4 Å². The van der Waals surface area contributed by atoms with Crippen molar-refractivity contribution in [2.24, 2.45) is 0 Å². The maximum Gasteiger partial charge on any atom is 0.253 e. The molecule has 0 N–H and O–H groups in total. The lowest BCUT2D eigenvalue weighted by Gasteiger charge is -2.34. The standard InChI is InChI=1S/C24H28N4O3S2/c29-24(19-8-10-20(11-9-19)33(30,31)28-12-4-1-5-13-28)27-16-14-26(15-17-27)18-23-25-21-6-2-3-7-22(21)32-23/h2-3,6-11H,1,4-5,12-18H2. The SMILES string of the molecule is O=C(c1ccc(S(=O)(=O)N2CCCCC2)cc1)N1CCN(Cc2nc3ccccc3s2)CC1. The van der Waals surface area contributed by atoms with Crippen molar-refractivity contribution >= 4 is 37.5 Å². The summed E-state index contributed by atoms with van der Waals surface area (Å²) >= 11 is 1.72. The number of hydrogen-bond donors (Lipinski definition) is 0. The Morgan fingerprint density at radius 3 is 2.27 bits per heavy atom. The third-order valence-corrected chi connectivity index (χ3v) is 9.34. The fourth-order valence-corrected chi connectivity index (χ4v) is 7.02. The zero-order valence-corrected chi connectivity index (χ0v) is 20.2. The Hall–Kier alpha value is -2.33. The molecule has 0 unspecified atom stereocenters. The van der Waals surface area contributed by atoms with Crippen LogP contribution in [-0.4, -0.2) is 72.7 Å². The van der Waals surface area contributed by atoms with Gasteiger partial charge in [-0.2, -0.15) is 4.31 Å². The van der Waals surface area contributed by atoms with Crippen LogP contribution in [0.1, 0.15) is 34.6 Å². The summed E-state index contributed by atoms with van der Waals surface area (Å²) in [5.41, 5.74) is 1.57. The molecule has 2 fully saturated rings. The lowest BCUT2D eigenvalue weighted by Crippen LogP contribution is -2.48. The number of nitrogens with zero attached hydrogens (tertiary/aromatic N) is 4. The van der Waals surface area contributed by atoms with E-state index in [0.717, 1.165) is 49.4 Å². The summed E-state index contributed by atoms with van der Waals surface area (Å²) in [6.07, 6.45) is 2.88. The topological polar surface area (TPSA) is 73.8 Å². The molecule has 2 saturated heterocycles. The third-order valence-electron chi connectivity index (χ3n) is 6.41. The van der Waals surface area contributed by atoms with E-state index in [1.807, 2.05) is 23.1 Å². The molecule has 174 valence electrons. The van der Waals surface area contributed by atoms with E-state index in [2.05, 4.69) is 11.0 Å². The van der Waals surface area contributed by atoms with E-state index < -0.39 is 10.0 Å². The largest absolute Gasteiger partial charge is 0.336 e. The molecule has 9 heteroatoms. The molecule has 0 radical (unpaired) electrons. The van der Waals surface area contributed by atoms with Gasteiger partial charge in [-0.15, -0.1) is 11.3 Å². The van der Waals surface area contributed by atoms with Crippen LogP contribution in [0.3, 0.4) is 0 Å². The molecular formula is C24H28N4O3S2. The minimum Gasteiger partial charge on any atom is -0.336 e. The van der Waals surface area contributed by atoms with E-state index in [-0.39, 0.29) is 10.8 Å². The van der Waals surface area contributed by atoms with Crippen LogP contribution in [-0.2, 0) is 16.6 Å². The first kappa shape index (κ1) is 22.5. The Bertz CT molecular complexity index is 1190. The minimum atomic E-state index is -3.48. The van der Waals surface area contributed by atoms with Crippen molar-refractivity contribution in [2.75, 3.05) is 39.3 Å². The van der Waals surface area contributed by atoms with E-state index in [4.69, 9.17) is 4.98 Å². The molecule has 0 bridgehead atoms. The summed E-state index contributed by atoms with van der Waals surface area (Å²) in [5, 5.41) is 1.10. The molecule has 5 rings (SSSR count). The number of amides is 1. The average molecular weight is 485 g/mol. The van der Waals surface area contributed by atoms with E-state index in [9.17, 15) is 13.2 Å². The van der Waals surface area contributed by atoms with E-state index in [1.165, 1.54) is 4.70 Å². The summed E-state index contributed by atoms with van der Waals surface area (Å²) in [5.74, 6) is -0.0449. The molecule has 3 aromatic rings. The van der Waals surface area contributed by atoms with Gasteiger partial charge in [0, 0.05) is 44.8 Å². The van der Waals surface area contributed by atoms with Gasteiger partial charge >= 0.3 is 0 Å². The fourth-order valence-electron chi connectivity index (χ4n) is 4.49. The van der Waals surface area contributed by atoms with Gasteiger partial charge in [0.15, 0.2) is 0 Å². The normalized spacial score (nSPS) is 18.6. The lowest BCUT2D eigenvalue weighted by atomic mass is 10.2. The Morgan fingerprint density at radius 1 is 0.879 bits per heavy atom. The first-order valence-corrected chi connectivity index (χ1v) is 13.7. The second kappa shape index (κ2) is 9.50. The maximum absolute atomic E-state index is 13.0. The van der Waals surface area contributed by atoms with Gasteiger partial charge in [-0.3, -0.25) is 9.69 Å². The number of hydrogen-bond acceptors (Lipinski definition) is 6. The van der Waals surface area contributed by atoms with Crippen LogP contribution in [0, 0.1) is 0 Å². The zero-order chi connectivity index (χ0) is 22.8. The summed E-state index contributed by atoms with van der Waals surface area (Å²) in [4.78, 5) is 22.1. The number of piperazine rings is 1. The van der Waals surface area contributed by atoms with E-state index >= 15 is 0 Å². The number of thiazole rings is 1. The van der Waals surface area contributed by atoms with Crippen molar-refractivity contribution in [2.45, 2.75) is 30.7 Å². The van der Waals surface area contributed by atoms with Crippen LogP contribution in [0.5, 0.6) is 0 Å². The Kier molecular flexibility index (Phi) is 6.47. The summed E-state index contributed by atoms with van der Waals surface area (Å²) < 4.78 is 28.4. The number of carbonyl (C=O) groups excluding carboxylic acids is 1. The van der Waals surface area contributed by atoms with Crippen LogP contribution in [0.25, 0.3) is 10.2 Å². The van der Waals surface area contributed by atoms with Crippen LogP contribution < -0.4 is 0 Å². The predicted molar refractivity (Wildman–Crippen MR) is 130 cm³/mol. The summed E-state index contributed by atoms with van der Waals surface area (Å²) in [6, 6.07) is 14.6. The molecule has 0 saturated carbocycles. The van der Waals surface area contributed by atoms with Crippen molar-refractivity contribution in [3.05, 3.63) is 59.1 Å². The van der Waals surface area contributed by atoms with Gasteiger partial charge in [0.05, 0.1) is 21.7 Å². The summed E-state index contributed by atoms with van der Waals surface area (Å²) in [6.45, 7) is 4.83. The Balaban J connectivity index is 1.18. The van der Waals surface area contributed by atoms with Crippen LogP contribution >= 0.6 is 11.3 Å². The molecule has 2 aliphatic heterocycles. The highest BCUT2D eigenvalue weighted by Gasteiger charge is 2.27. The number of para-hydroxylation sites is 1. The molecule has 3 heterocycles. The zero-order valence-electron chi connectivity index (χ0n) is 18.5. The first-order valence-electron chi connectivity index (χ1n) is 11.5. The Labute approximate surface area is 198 Å². The first-order chi connectivity index (χ1) is 16.0. The van der Waals surface area contributed by atoms with E-state index in [0.29, 0.717) is 31.7 Å². The smallest absolute Gasteiger partial charge is 0.253 e. The molecule has 2 aliphatic rings. The fraction of sp³-hybridized carbons (Fsp3) is 0.417. The van der Waals surface area contributed by atoms with E-state index in [1.54, 1.807) is 39.9 Å². The van der Waals surface area contributed by atoms with Gasteiger partial charge in [0.1, 0.15) is 5.01 Å². The highest BCUT2D eigenvalue weighted by molar-refractivity contribution is 7.89. The van der Waals surface area contributed by atoms with Gasteiger partial charge < -0.3 is 4.90 Å². The number of benzene rings is 2. The van der Waals surface area contributed by atoms with Crippen molar-refractivity contribution in [3.8, 4) is 0 Å². The number of carbonyl (C=O) groups is 1. The minimum absolute atomic E-state index is 0.0449. The lowest BCUT2D eigenvalue weighted by molar-refractivity contribution is 0.0628. The van der Waals surface area contributed by atoms with Gasteiger partial charge in [-0.1, -0.05) is 18.6 Å². The highest BCUT2D eigenvalue weighted by Crippen LogP contribution is 2.24. The second-order valence-corrected chi connectivity index (χ2v) is 11.7. The van der Waals surface area contributed by atoms with Crippen LogP contribution in [0.2, 0.25) is 0 Å². The average Bonchev–Trinajstić information content (AvgIpc) is 3.27. The monoisotopic (exact) mass is 484 g/mol. The number of piperidine rings is 1. The predicted octanol–water partition coefficient (Wildman–Crippen LogP) is 3.43. The summed E-state index contributed by atoms with van der Waals surface area (Å²) in [7, 11) is -3.48. The molecular weight excluding hydrogens is 456 g/mol. The molecule has 33 heavy (non-hydrogen) atoms. The van der Waals surface area contributed by atoms with Crippen molar-refractivity contribution in [1.82, 2.24) is 19.1 Å².